The van der Waals surface area contributed by atoms with Gasteiger partial charge in [0.1, 0.15) is 5.70 Å². The Morgan fingerprint density at radius 3 is 3.06 bits per heavy atom. The summed E-state index contributed by atoms with van der Waals surface area (Å²) in [6, 6.07) is 7.74. The summed E-state index contributed by atoms with van der Waals surface area (Å²) < 4.78 is 5.65. The van der Waals surface area contributed by atoms with Gasteiger partial charge < -0.3 is 4.74 Å². The summed E-state index contributed by atoms with van der Waals surface area (Å²) >= 11 is 1.61. The number of carbonyl (C=O) groups is 1. The quantitative estimate of drug-likeness (QED) is 0.277. The van der Waals surface area contributed by atoms with E-state index in [1.807, 2.05) is 29.6 Å². The molecule has 0 saturated carbocycles. The topological polar surface area (TPSA) is 75.1 Å². The zero-order valence-corrected chi connectivity index (χ0v) is 10.3. The van der Waals surface area contributed by atoms with E-state index < -0.39 is 5.97 Å². The van der Waals surface area contributed by atoms with Crippen molar-refractivity contribution in [3.05, 3.63) is 51.3 Å². The van der Waals surface area contributed by atoms with Gasteiger partial charge in [-0.1, -0.05) is 17.2 Å². The standard InChI is InChI=1S/C12H9N3O2S/c1-17-12(16)10(14-15-13)6-8-2-3-9-4-5-18-11(9)7-8/h2-7H,1H3/b10-6+. The molecule has 6 heteroatoms. The Morgan fingerprint density at radius 2 is 2.33 bits per heavy atom. The molecule has 0 fully saturated rings. The third-order valence-electron chi connectivity index (χ3n) is 2.33. The van der Waals surface area contributed by atoms with Crippen LogP contribution >= 0.6 is 11.3 Å². The maximum absolute atomic E-state index is 11.4. The van der Waals surface area contributed by atoms with E-state index in [9.17, 15) is 4.79 Å². The number of fused-ring (bicyclic) bond motifs is 1. The maximum Gasteiger partial charge on any atom is 0.340 e. The van der Waals surface area contributed by atoms with E-state index in [0.717, 1.165) is 15.6 Å². The van der Waals surface area contributed by atoms with Gasteiger partial charge in [-0.05, 0) is 40.1 Å². The highest BCUT2D eigenvalue weighted by molar-refractivity contribution is 7.17. The molecule has 0 saturated heterocycles. The number of esters is 1. The number of rotatable bonds is 3. The molecule has 1 aromatic heterocycles. The lowest BCUT2D eigenvalue weighted by Crippen LogP contribution is -2.01. The van der Waals surface area contributed by atoms with Crippen molar-refractivity contribution in [1.82, 2.24) is 0 Å². The molecule has 0 aliphatic rings. The van der Waals surface area contributed by atoms with Crippen LogP contribution in [0, 0.1) is 0 Å². The Morgan fingerprint density at radius 1 is 1.50 bits per heavy atom. The fourth-order valence-electron chi connectivity index (χ4n) is 1.50. The van der Waals surface area contributed by atoms with Gasteiger partial charge in [0.05, 0.1) is 7.11 Å². The number of thiophene rings is 1. The van der Waals surface area contributed by atoms with E-state index in [0.29, 0.717) is 0 Å². The van der Waals surface area contributed by atoms with Crippen LogP contribution in [0.5, 0.6) is 0 Å². The summed E-state index contributed by atoms with van der Waals surface area (Å²) in [5.41, 5.74) is 9.14. The Hall–Kier alpha value is -2.30. The largest absolute Gasteiger partial charge is 0.466 e. The van der Waals surface area contributed by atoms with Gasteiger partial charge in [-0.25, -0.2) is 4.79 Å². The molecule has 1 heterocycles. The number of ether oxygens (including phenoxy) is 1. The highest BCUT2D eigenvalue weighted by atomic mass is 32.1. The molecule has 2 rings (SSSR count). The highest BCUT2D eigenvalue weighted by Crippen LogP contribution is 2.23. The van der Waals surface area contributed by atoms with Crippen molar-refractivity contribution in [2.75, 3.05) is 7.11 Å². The van der Waals surface area contributed by atoms with E-state index in [2.05, 4.69) is 14.8 Å². The van der Waals surface area contributed by atoms with Crippen molar-refractivity contribution < 1.29 is 9.53 Å². The van der Waals surface area contributed by atoms with Crippen molar-refractivity contribution in [2.45, 2.75) is 0 Å². The second-order valence-electron chi connectivity index (χ2n) is 3.43. The van der Waals surface area contributed by atoms with Crippen LogP contribution in [0.1, 0.15) is 5.56 Å². The minimum absolute atomic E-state index is 0.0593. The summed E-state index contributed by atoms with van der Waals surface area (Å²) in [5, 5.41) is 6.46. The maximum atomic E-state index is 11.4. The van der Waals surface area contributed by atoms with Crippen molar-refractivity contribution in [1.29, 1.82) is 0 Å². The van der Waals surface area contributed by atoms with Gasteiger partial charge in [0.2, 0.25) is 0 Å². The predicted molar refractivity (Wildman–Crippen MR) is 71.0 cm³/mol. The van der Waals surface area contributed by atoms with Crippen molar-refractivity contribution in [3.8, 4) is 0 Å². The molecule has 0 amide bonds. The Kier molecular flexibility index (Phi) is 3.62. The molecular weight excluding hydrogens is 250 g/mol. The summed E-state index contributed by atoms with van der Waals surface area (Å²) in [7, 11) is 1.24. The fraction of sp³-hybridized carbons (Fsp3) is 0.0833. The minimum atomic E-state index is -0.654. The van der Waals surface area contributed by atoms with E-state index >= 15 is 0 Å². The van der Waals surface area contributed by atoms with Gasteiger partial charge in [-0.2, -0.15) is 0 Å². The zero-order valence-electron chi connectivity index (χ0n) is 9.53. The van der Waals surface area contributed by atoms with Crippen molar-refractivity contribution in [2.24, 2.45) is 5.11 Å². The van der Waals surface area contributed by atoms with Crippen LogP contribution in [0.15, 0.2) is 40.5 Å². The van der Waals surface area contributed by atoms with Crippen LogP contribution in [0.4, 0.5) is 0 Å². The molecule has 0 N–H and O–H groups in total. The third-order valence-corrected chi connectivity index (χ3v) is 3.21. The molecule has 0 bridgehead atoms. The second-order valence-corrected chi connectivity index (χ2v) is 4.38. The molecular formula is C12H9N3O2S. The Labute approximate surface area is 107 Å². The Bertz CT molecular complexity index is 669. The van der Waals surface area contributed by atoms with Crippen molar-refractivity contribution in [3.63, 3.8) is 0 Å². The fourth-order valence-corrected chi connectivity index (χ4v) is 2.34. The number of benzene rings is 1. The first-order valence-corrected chi connectivity index (χ1v) is 5.95. The number of methoxy groups -OCH3 is 1. The van der Waals surface area contributed by atoms with Crippen LogP contribution in [0.25, 0.3) is 26.6 Å². The monoisotopic (exact) mass is 259 g/mol. The molecule has 5 nitrogen and oxygen atoms in total. The molecule has 0 unspecified atom stereocenters. The SMILES string of the molecule is COC(=O)/C(=C\c1ccc2ccsc2c1)N=[N+]=[N-]. The minimum Gasteiger partial charge on any atom is -0.466 e. The van der Waals surface area contributed by atoms with Gasteiger partial charge in [0.15, 0.2) is 0 Å². The van der Waals surface area contributed by atoms with Crippen LogP contribution in [-0.4, -0.2) is 13.1 Å². The predicted octanol–water partition coefficient (Wildman–Crippen LogP) is 3.73. The van der Waals surface area contributed by atoms with E-state index in [1.165, 1.54) is 13.2 Å². The molecule has 2 aromatic rings. The smallest absolute Gasteiger partial charge is 0.340 e. The summed E-state index contributed by atoms with van der Waals surface area (Å²) in [5.74, 6) is -0.654. The Balaban J connectivity index is 2.45. The van der Waals surface area contributed by atoms with Crippen LogP contribution in [-0.2, 0) is 9.53 Å². The van der Waals surface area contributed by atoms with Crippen LogP contribution in [0.2, 0.25) is 0 Å². The lowest BCUT2D eigenvalue weighted by Gasteiger charge is -1.99. The molecule has 0 radical (unpaired) electrons. The molecule has 90 valence electrons. The first-order valence-electron chi connectivity index (χ1n) is 5.07. The van der Waals surface area contributed by atoms with Gasteiger partial charge in [0, 0.05) is 9.61 Å². The van der Waals surface area contributed by atoms with Gasteiger partial charge >= 0.3 is 5.97 Å². The lowest BCUT2D eigenvalue weighted by atomic mass is 10.1. The number of hydrogen-bond acceptors (Lipinski definition) is 4. The van der Waals surface area contributed by atoms with Gasteiger partial charge in [-0.3, -0.25) is 0 Å². The van der Waals surface area contributed by atoms with E-state index in [1.54, 1.807) is 11.3 Å². The third kappa shape index (κ3) is 2.51. The number of nitrogens with zero attached hydrogens (tertiary/aromatic N) is 3. The number of carbonyl (C=O) groups excluding carboxylic acids is 1. The van der Waals surface area contributed by atoms with Gasteiger partial charge in [-0.15, -0.1) is 11.3 Å². The van der Waals surface area contributed by atoms with Crippen molar-refractivity contribution >= 4 is 33.5 Å². The highest BCUT2D eigenvalue weighted by Gasteiger charge is 2.07. The average molecular weight is 259 g/mol. The molecule has 0 aliphatic heterocycles. The summed E-state index contributed by atoms with van der Waals surface area (Å²) in [4.78, 5) is 14.0. The molecule has 1 aromatic carbocycles. The molecule has 0 aliphatic carbocycles. The van der Waals surface area contributed by atoms with Crippen LogP contribution in [0.3, 0.4) is 0 Å². The van der Waals surface area contributed by atoms with E-state index in [-0.39, 0.29) is 5.70 Å². The molecule has 0 spiro atoms. The second kappa shape index (κ2) is 5.35. The number of hydrogen-bond donors (Lipinski definition) is 0. The summed E-state index contributed by atoms with van der Waals surface area (Å²) in [6.45, 7) is 0. The zero-order chi connectivity index (χ0) is 13.0. The lowest BCUT2D eigenvalue weighted by molar-refractivity contribution is -0.136. The molecule has 0 atom stereocenters. The van der Waals surface area contributed by atoms with Gasteiger partial charge in [0.25, 0.3) is 0 Å². The first-order chi connectivity index (χ1) is 8.74. The number of azide groups is 1. The first kappa shape index (κ1) is 12.2. The molecule has 18 heavy (non-hydrogen) atoms. The van der Waals surface area contributed by atoms with Crippen LogP contribution < -0.4 is 0 Å². The summed E-state index contributed by atoms with van der Waals surface area (Å²) in [6.07, 6.45) is 1.50. The average Bonchev–Trinajstić information content (AvgIpc) is 2.84. The van der Waals surface area contributed by atoms with E-state index in [4.69, 9.17) is 5.53 Å². The normalized spacial score (nSPS) is 11.1.